The predicted molar refractivity (Wildman–Crippen MR) is 92.3 cm³/mol. The summed E-state index contributed by atoms with van der Waals surface area (Å²) in [6.07, 6.45) is 1.15. The van der Waals surface area contributed by atoms with Crippen LogP contribution < -0.4 is 14.9 Å². The Kier molecular flexibility index (Phi) is 6.12. The van der Waals surface area contributed by atoms with Gasteiger partial charge in [-0.05, 0) is 46.9 Å². The van der Waals surface area contributed by atoms with Gasteiger partial charge in [0.15, 0.2) is 12.4 Å². The molecule has 0 bridgehead atoms. The molecule has 0 saturated carbocycles. The van der Waals surface area contributed by atoms with Gasteiger partial charge in [0.1, 0.15) is 16.4 Å². The summed E-state index contributed by atoms with van der Waals surface area (Å²) < 4.78 is 16.1. The number of nitrogens with zero attached hydrogens (tertiary/aromatic N) is 2. The molecule has 1 aromatic heterocycles. The molecule has 0 spiro atoms. The minimum Gasteiger partial charge on any atom is -0.497 e. The number of benzene rings is 1. The molecule has 0 fully saturated rings. The first-order valence-corrected chi connectivity index (χ1v) is 7.60. The molecular weight excluding hydrogens is 433 g/mol. The molecule has 9 nitrogen and oxygen atoms in total. The van der Waals surface area contributed by atoms with Gasteiger partial charge < -0.3 is 13.9 Å². The molecule has 10 heteroatoms. The number of furan rings is 1. The van der Waals surface area contributed by atoms with E-state index in [2.05, 4.69) is 33.1 Å². The Hall–Kier alpha value is -2.63. The largest absolute Gasteiger partial charge is 0.497 e. The molecule has 24 heavy (non-hydrogen) atoms. The number of nitro groups is 1. The van der Waals surface area contributed by atoms with Crippen LogP contribution in [0.5, 0.6) is 11.5 Å². The average molecular weight is 445 g/mol. The first-order valence-electron chi connectivity index (χ1n) is 6.52. The lowest BCUT2D eigenvalue weighted by Gasteiger charge is -2.08. The Morgan fingerprint density at radius 3 is 2.88 bits per heavy atom. The highest BCUT2D eigenvalue weighted by Gasteiger charge is 2.10. The maximum Gasteiger partial charge on any atom is 0.433 e. The van der Waals surface area contributed by atoms with E-state index in [4.69, 9.17) is 13.9 Å². The number of hydrazone groups is 1. The van der Waals surface area contributed by atoms with Crippen molar-refractivity contribution in [3.63, 3.8) is 0 Å². The molecule has 1 amide bonds. The average Bonchev–Trinajstić information content (AvgIpc) is 3.02. The van der Waals surface area contributed by atoms with Gasteiger partial charge in [0.2, 0.25) is 0 Å². The van der Waals surface area contributed by atoms with Crippen LogP contribution >= 0.6 is 22.6 Å². The van der Waals surface area contributed by atoms with Crippen molar-refractivity contribution >= 4 is 40.6 Å². The first kappa shape index (κ1) is 17.7. The van der Waals surface area contributed by atoms with Gasteiger partial charge in [-0.3, -0.25) is 14.9 Å². The maximum atomic E-state index is 11.6. The summed E-state index contributed by atoms with van der Waals surface area (Å²) >= 11 is 2.07. The third-order valence-electron chi connectivity index (χ3n) is 2.67. The summed E-state index contributed by atoms with van der Waals surface area (Å²) in [5, 5.41) is 14.1. The Labute approximate surface area is 149 Å². The minimum absolute atomic E-state index is 0.146. The smallest absolute Gasteiger partial charge is 0.433 e. The van der Waals surface area contributed by atoms with Gasteiger partial charge in [-0.15, -0.1) is 0 Å². The van der Waals surface area contributed by atoms with Crippen LogP contribution in [0.15, 0.2) is 39.9 Å². The molecule has 0 saturated heterocycles. The number of amides is 1. The number of nitrogens with one attached hydrogen (secondary N) is 1. The number of rotatable bonds is 7. The summed E-state index contributed by atoms with van der Waals surface area (Å²) in [4.78, 5) is 21.4. The molecule has 0 aliphatic heterocycles. The highest BCUT2D eigenvalue weighted by molar-refractivity contribution is 14.1. The zero-order valence-electron chi connectivity index (χ0n) is 12.4. The summed E-state index contributed by atoms with van der Waals surface area (Å²) in [6, 6.07) is 7.74. The first-order chi connectivity index (χ1) is 11.5. The zero-order valence-corrected chi connectivity index (χ0v) is 14.6. The standard InChI is InChI=1S/C14H12IN3O6/c1-22-9-2-4-12(11(15)6-9)23-8-13(19)17-16-7-10-3-5-14(24-10)18(20)21/h2-7H,8H2,1H3,(H,17,19)/b16-7+. The molecule has 0 aliphatic carbocycles. The van der Waals surface area contributed by atoms with E-state index in [-0.39, 0.29) is 12.4 Å². The van der Waals surface area contributed by atoms with Crippen molar-refractivity contribution in [1.82, 2.24) is 5.43 Å². The van der Waals surface area contributed by atoms with Crippen LogP contribution in [0.25, 0.3) is 0 Å². The van der Waals surface area contributed by atoms with Crippen LogP contribution in [0.4, 0.5) is 5.88 Å². The van der Waals surface area contributed by atoms with Gasteiger partial charge in [0, 0.05) is 0 Å². The summed E-state index contributed by atoms with van der Waals surface area (Å²) in [5.74, 6) is 0.484. The molecule has 0 aliphatic rings. The Balaban J connectivity index is 1.82. The lowest BCUT2D eigenvalue weighted by atomic mass is 10.3. The van der Waals surface area contributed by atoms with Crippen LogP contribution in [0.2, 0.25) is 0 Å². The van der Waals surface area contributed by atoms with Crippen molar-refractivity contribution in [2.75, 3.05) is 13.7 Å². The molecule has 0 unspecified atom stereocenters. The Bertz CT molecular complexity index is 774. The lowest BCUT2D eigenvalue weighted by molar-refractivity contribution is -0.402. The second-order valence-corrected chi connectivity index (χ2v) is 5.47. The van der Waals surface area contributed by atoms with Gasteiger partial charge in [-0.1, -0.05) is 0 Å². The molecule has 0 atom stereocenters. The Morgan fingerprint density at radius 2 is 2.25 bits per heavy atom. The summed E-state index contributed by atoms with van der Waals surface area (Å²) in [5.41, 5.74) is 2.23. The number of ether oxygens (including phenoxy) is 2. The third kappa shape index (κ3) is 4.94. The van der Waals surface area contributed by atoms with Crippen LogP contribution in [0.3, 0.4) is 0 Å². The fourth-order valence-electron chi connectivity index (χ4n) is 1.58. The maximum absolute atomic E-state index is 11.6. The van der Waals surface area contributed by atoms with Crippen LogP contribution in [-0.2, 0) is 4.79 Å². The van der Waals surface area contributed by atoms with Crippen molar-refractivity contribution < 1.29 is 23.6 Å². The van der Waals surface area contributed by atoms with Crippen molar-refractivity contribution in [3.05, 3.63) is 49.8 Å². The molecule has 0 radical (unpaired) electrons. The van der Waals surface area contributed by atoms with E-state index in [0.717, 1.165) is 9.78 Å². The van der Waals surface area contributed by atoms with E-state index in [1.807, 2.05) is 0 Å². The van der Waals surface area contributed by atoms with E-state index >= 15 is 0 Å². The molecule has 2 aromatic rings. The number of carbonyl (C=O) groups excluding carboxylic acids is 1. The molecule has 1 N–H and O–H groups in total. The number of methoxy groups -OCH3 is 1. The van der Waals surface area contributed by atoms with Crippen molar-refractivity contribution in [2.24, 2.45) is 5.10 Å². The molecular formula is C14H12IN3O6. The minimum atomic E-state index is -0.666. The topological polar surface area (TPSA) is 116 Å². The van der Waals surface area contributed by atoms with Gasteiger partial charge >= 0.3 is 5.88 Å². The van der Waals surface area contributed by atoms with Gasteiger partial charge in [-0.25, -0.2) is 5.43 Å². The van der Waals surface area contributed by atoms with E-state index in [0.29, 0.717) is 11.5 Å². The monoisotopic (exact) mass is 445 g/mol. The van der Waals surface area contributed by atoms with Gasteiger partial charge in [-0.2, -0.15) is 5.10 Å². The van der Waals surface area contributed by atoms with E-state index in [1.54, 1.807) is 25.3 Å². The summed E-state index contributed by atoms with van der Waals surface area (Å²) in [6.45, 7) is -0.238. The molecule has 1 aromatic carbocycles. The zero-order chi connectivity index (χ0) is 17.5. The second-order valence-electron chi connectivity index (χ2n) is 4.31. The number of hydrogen-bond acceptors (Lipinski definition) is 7. The fraction of sp³-hybridized carbons (Fsp3) is 0.143. The number of carbonyl (C=O) groups is 1. The van der Waals surface area contributed by atoms with E-state index in [1.165, 1.54) is 12.1 Å². The highest BCUT2D eigenvalue weighted by Crippen LogP contribution is 2.25. The van der Waals surface area contributed by atoms with Gasteiger partial charge in [0.05, 0.1) is 23.0 Å². The third-order valence-corrected chi connectivity index (χ3v) is 3.51. The lowest BCUT2D eigenvalue weighted by Crippen LogP contribution is -2.24. The van der Waals surface area contributed by atoms with E-state index in [9.17, 15) is 14.9 Å². The van der Waals surface area contributed by atoms with Crippen LogP contribution in [0, 0.1) is 13.7 Å². The summed E-state index contributed by atoms with van der Waals surface area (Å²) in [7, 11) is 1.56. The van der Waals surface area contributed by atoms with Crippen LogP contribution in [-0.4, -0.2) is 30.8 Å². The predicted octanol–water partition coefficient (Wildman–Crippen LogP) is 2.33. The highest BCUT2D eigenvalue weighted by atomic mass is 127. The molecule has 126 valence electrons. The van der Waals surface area contributed by atoms with Gasteiger partial charge in [0.25, 0.3) is 5.91 Å². The molecule has 2 rings (SSSR count). The fourth-order valence-corrected chi connectivity index (χ4v) is 2.22. The van der Waals surface area contributed by atoms with E-state index < -0.39 is 16.7 Å². The SMILES string of the molecule is COc1ccc(OCC(=O)N/N=C/c2ccc([N+](=O)[O-])o2)c(I)c1. The quantitative estimate of drug-likeness (QED) is 0.303. The van der Waals surface area contributed by atoms with Crippen molar-refractivity contribution in [3.8, 4) is 11.5 Å². The number of hydrogen-bond donors (Lipinski definition) is 1. The van der Waals surface area contributed by atoms with Crippen LogP contribution in [0.1, 0.15) is 5.76 Å². The Morgan fingerprint density at radius 1 is 1.46 bits per heavy atom. The second kappa shape index (κ2) is 8.29. The number of halogens is 1. The van der Waals surface area contributed by atoms with Crippen molar-refractivity contribution in [2.45, 2.75) is 0 Å². The van der Waals surface area contributed by atoms with Crippen molar-refractivity contribution in [1.29, 1.82) is 0 Å². The normalized spacial score (nSPS) is 10.6. The molecule has 1 heterocycles.